The fourth-order valence-electron chi connectivity index (χ4n) is 7.57. The number of aromatic hydroxyl groups is 1. The van der Waals surface area contributed by atoms with Crippen LogP contribution in [0.25, 0.3) is 0 Å². The highest BCUT2D eigenvalue weighted by molar-refractivity contribution is 7.09. The van der Waals surface area contributed by atoms with E-state index in [4.69, 9.17) is 27.9 Å². The molecule has 232 valence electrons. The van der Waals surface area contributed by atoms with Gasteiger partial charge in [0, 0.05) is 16.4 Å². The summed E-state index contributed by atoms with van der Waals surface area (Å²) in [7, 11) is 0. The number of para-hydroxylation sites is 1. The molecule has 1 aromatic heterocycles. The van der Waals surface area contributed by atoms with E-state index in [9.17, 15) is 28.7 Å². The molecule has 2 aliphatic heterocycles. The first-order valence-electron chi connectivity index (χ1n) is 14.6. The van der Waals surface area contributed by atoms with Crippen molar-refractivity contribution in [2.75, 3.05) is 11.5 Å². The van der Waals surface area contributed by atoms with Gasteiger partial charge in [-0.05, 0) is 67.5 Å². The Morgan fingerprint density at radius 1 is 1.00 bits per heavy atom. The third kappa shape index (κ3) is 4.15. The summed E-state index contributed by atoms with van der Waals surface area (Å²) in [5.41, 5.74) is 0.827. The smallest absolute Gasteiger partial charge is 0.258 e. The van der Waals surface area contributed by atoms with Crippen molar-refractivity contribution < 1.29 is 33.4 Å². The van der Waals surface area contributed by atoms with Crippen molar-refractivity contribution in [3.05, 3.63) is 87.9 Å². The molecule has 3 aromatic rings. The van der Waals surface area contributed by atoms with Gasteiger partial charge in [0.1, 0.15) is 5.82 Å². The first kappa shape index (κ1) is 30.0. The summed E-state index contributed by atoms with van der Waals surface area (Å²) in [4.78, 5) is 55.2. The van der Waals surface area contributed by atoms with E-state index in [1.807, 2.05) is 23.6 Å². The van der Waals surface area contributed by atoms with Crippen molar-refractivity contribution in [1.29, 1.82) is 0 Å². The van der Waals surface area contributed by atoms with Crippen LogP contribution in [0.3, 0.4) is 0 Å². The number of alkyl halides is 2. The molecule has 2 saturated heterocycles. The molecule has 3 fully saturated rings. The van der Waals surface area contributed by atoms with Crippen LogP contribution in [0.2, 0.25) is 0 Å². The van der Waals surface area contributed by atoms with Gasteiger partial charge in [-0.3, -0.25) is 24.1 Å². The van der Waals surface area contributed by atoms with E-state index in [1.54, 1.807) is 25.1 Å². The van der Waals surface area contributed by atoms with Crippen LogP contribution < -0.4 is 9.64 Å². The largest absolute Gasteiger partial charge is 0.504 e. The lowest BCUT2D eigenvalue weighted by molar-refractivity contribution is -0.141. The number of hydrogen-bond acceptors (Lipinski definition) is 7. The van der Waals surface area contributed by atoms with E-state index in [0.29, 0.717) is 5.57 Å². The predicted molar refractivity (Wildman–Crippen MR) is 166 cm³/mol. The number of phenols is 1. The summed E-state index contributed by atoms with van der Waals surface area (Å²) in [5.74, 6) is -6.49. The molecule has 7 rings (SSSR count). The Balaban J connectivity index is 1.40. The normalized spacial score (nSPS) is 30.7. The highest BCUT2D eigenvalue weighted by Gasteiger charge is 2.77. The van der Waals surface area contributed by atoms with Crippen LogP contribution in [0.15, 0.2) is 71.6 Å². The Kier molecular flexibility index (Phi) is 7.11. The van der Waals surface area contributed by atoms with Crippen molar-refractivity contribution in [1.82, 2.24) is 4.90 Å². The Hall–Kier alpha value is -3.73. The molecule has 2 aliphatic carbocycles. The number of halogens is 3. The summed E-state index contributed by atoms with van der Waals surface area (Å²) in [6, 6.07) is 13.3. The van der Waals surface area contributed by atoms with Crippen LogP contribution >= 0.6 is 34.5 Å². The number of nitrogens with zero attached hydrogens (tertiary/aromatic N) is 2. The van der Waals surface area contributed by atoms with Gasteiger partial charge in [0.25, 0.3) is 11.8 Å². The number of imide groups is 2. The van der Waals surface area contributed by atoms with Gasteiger partial charge in [-0.25, -0.2) is 9.29 Å². The van der Waals surface area contributed by atoms with Crippen LogP contribution in [-0.4, -0.2) is 50.0 Å². The Bertz CT molecular complexity index is 1780. The second kappa shape index (κ2) is 10.7. The first-order chi connectivity index (χ1) is 21.5. The van der Waals surface area contributed by atoms with Gasteiger partial charge in [0.05, 0.1) is 30.7 Å². The van der Waals surface area contributed by atoms with E-state index >= 15 is 0 Å². The Labute approximate surface area is 272 Å². The molecule has 0 bridgehead atoms. The molecule has 2 aromatic carbocycles. The van der Waals surface area contributed by atoms with Gasteiger partial charge >= 0.3 is 0 Å². The van der Waals surface area contributed by atoms with E-state index in [2.05, 4.69) is 0 Å². The van der Waals surface area contributed by atoms with Crippen LogP contribution in [0.1, 0.15) is 36.1 Å². The molecule has 45 heavy (non-hydrogen) atoms. The molecule has 6 atom stereocenters. The van der Waals surface area contributed by atoms with E-state index in [-0.39, 0.29) is 60.6 Å². The molecule has 3 heterocycles. The quantitative estimate of drug-likeness (QED) is 0.204. The molecule has 4 amide bonds. The zero-order chi connectivity index (χ0) is 31.8. The topological polar surface area (TPSA) is 104 Å². The third-order valence-electron chi connectivity index (χ3n) is 9.52. The van der Waals surface area contributed by atoms with E-state index < -0.39 is 51.1 Å². The standard InChI is InChI=1S/C33H27Cl2FN2O6S/c1-2-44-24-7-3-6-22(27(24)39)26-20-12-13-21-25(29(41)37(28(21)40)16-19-5-4-14-45-19)23(20)15-32(34)30(42)38(31(43)33(26,32)35)18-10-8-17(36)9-11-18/h3-12,14,21,23,25-26,39H,2,13,15-16H2,1H3. The van der Waals surface area contributed by atoms with E-state index in [0.717, 1.165) is 21.9 Å². The molecule has 12 heteroatoms. The fourth-order valence-corrected chi connectivity index (χ4v) is 9.19. The molecule has 1 N–H and O–H groups in total. The lowest BCUT2D eigenvalue weighted by atomic mass is 9.56. The minimum Gasteiger partial charge on any atom is -0.504 e. The summed E-state index contributed by atoms with van der Waals surface area (Å²) in [6.45, 7) is 2.13. The molecule has 0 radical (unpaired) electrons. The van der Waals surface area contributed by atoms with Gasteiger partial charge in [-0.15, -0.1) is 34.5 Å². The maximum atomic E-state index is 14.4. The molecule has 8 nitrogen and oxygen atoms in total. The number of hydrogen-bond donors (Lipinski definition) is 1. The third-order valence-corrected chi connectivity index (χ3v) is 11.8. The number of carbonyl (C=O) groups is 4. The number of anilines is 1. The SMILES string of the molecule is CCOc1cccc(C2C3=CCC4C(=O)N(Cc5cccs5)C(=O)C4C3CC3(Cl)C(=O)N(c4ccc(F)cc4)C(=O)C23Cl)c1O. The second-order valence-corrected chi connectivity index (χ2v) is 14.0. The zero-order valence-electron chi connectivity index (χ0n) is 23.9. The maximum absolute atomic E-state index is 14.4. The van der Waals surface area contributed by atoms with Gasteiger partial charge in [0.15, 0.2) is 21.2 Å². The van der Waals surface area contributed by atoms with Crippen molar-refractivity contribution in [3.8, 4) is 11.5 Å². The number of fused-ring (bicyclic) bond motifs is 4. The summed E-state index contributed by atoms with van der Waals surface area (Å²) >= 11 is 16.2. The zero-order valence-corrected chi connectivity index (χ0v) is 26.2. The number of benzene rings is 2. The van der Waals surface area contributed by atoms with Crippen molar-refractivity contribution in [2.24, 2.45) is 17.8 Å². The van der Waals surface area contributed by atoms with Crippen molar-refractivity contribution in [2.45, 2.75) is 42.0 Å². The highest BCUT2D eigenvalue weighted by atomic mass is 35.5. The minimum atomic E-state index is -2.15. The number of amides is 4. The van der Waals surface area contributed by atoms with Gasteiger partial charge in [-0.2, -0.15) is 0 Å². The molecule has 4 aliphatic rings. The Morgan fingerprint density at radius 2 is 1.76 bits per heavy atom. The molecule has 1 saturated carbocycles. The average Bonchev–Trinajstić information content (AvgIpc) is 3.66. The highest BCUT2D eigenvalue weighted by Crippen LogP contribution is 2.66. The number of thiophene rings is 1. The van der Waals surface area contributed by atoms with Crippen molar-refractivity contribution in [3.63, 3.8) is 0 Å². The summed E-state index contributed by atoms with van der Waals surface area (Å²) in [5, 5.41) is 13.3. The lowest BCUT2D eigenvalue weighted by Gasteiger charge is -2.50. The van der Waals surface area contributed by atoms with Crippen LogP contribution in [-0.2, 0) is 25.7 Å². The van der Waals surface area contributed by atoms with Gasteiger partial charge < -0.3 is 9.84 Å². The Morgan fingerprint density at radius 3 is 2.44 bits per heavy atom. The number of rotatable bonds is 6. The van der Waals surface area contributed by atoms with Gasteiger partial charge in [-0.1, -0.05) is 29.8 Å². The van der Waals surface area contributed by atoms with E-state index in [1.165, 1.54) is 28.4 Å². The molecule has 0 spiro atoms. The second-order valence-electron chi connectivity index (χ2n) is 11.7. The van der Waals surface area contributed by atoms with Crippen LogP contribution in [0.4, 0.5) is 10.1 Å². The lowest BCUT2D eigenvalue weighted by Crippen LogP contribution is -2.60. The summed E-state index contributed by atoms with van der Waals surface area (Å²) in [6.07, 6.45) is 1.81. The number of ether oxygens (including phenoxy) is 1. The number of phenolic OH excluding ortho intramolecular Hbond substituents is 1. The monoisotopic (exact) mass is 668 g/mol. The van der Waals surface area contributed by atoms with Crippen LogP contribution in [0.5, 0.6) is 11.5 Å². The first-order valence-corrected chi connectivity index (χ1v) is 16.2. The van der Waals surface area contributed by atoms with Crippen LogP contribution in [0, 0.1) is 23.6 Å². The van der Waals surface area contributed by atoms with Gasteiger partial charge in [0.2, 0.25) is 11.8 Å². The minimum absolute atomic E-state index is 0.0796. The molecule has 6 unspecified atom stereocenters. The number of carbonyl (C=O) groups excluding carboxylic acids is 4. The fraction of sp³-hybridized carbons (Fsp3) is 0.333. The maximum Gasteiger partial charge on any atom is 0.258 e. The average molecular weight is 670 g/mol. The molecular formula is C33H27Cl2FN2O6S. The number of allylic oxidation sites excluding steroid dienone is 2. The molecular weight excluding hydrogens is 642 g/mol. The van der Waals surface area contributed by atoms with Crippen molar-refractivity contribution >= 4 is 63.9 Å². The predicted octanol–water partition coefficient (Wildman–Crippen LogP) is 5.76. The summed E-state index contributed by atoms with van der Waals surface area (Å²) < 4.78 is 19.5. The number of likely N-dealkylation sites (tertiary alicyclic amines) is 1.